The molecule has 1 saturated heterocycles. The lowest BCUT2D eigenvalue weighted by Crippen LogP contribution is -2.37. The highest BCUT2D eigenvalue weighted by Crippen LogP contribution is 2.34. The Hall–Kier alpha value is -2.91. The predicted octanol–water partition coefficient (Wildman–Crippen LogP) is 7.24. The first-order chi connectivity index (χ1) is 20.1. The van der Waals surface area contributed by atoms with Crippen LogP contribution in [0.5, 0.6) is 0 Å². The first-order valence-corrected chi connectivity index (χ1v) is 15.5. The number of carbonyl (C=O) groups excluding carboxylic acids is 2. The summed E-state index contributed by atoms with van der Waals surface area (Å²) < 4.78 is 29.3. The molecular formula is C32H41Cl2F2N5O2. The van der Waals surface area contributed by atoms with Gasteiger partial charge in [0.15, 0.2) is 0 Å². The Balaban J connectivity index is 1.73. The number of halogens is 4. The predicted molar refractivity (Wildman–Crippen MR) is 170 cm³/mol. The number of rotatable bonds is 9. The molecule has 0 radical (unpaired) electrons. The minimum Gasteiger partial charge on any atom is -0.371 e. The van der Waals surface area contributed by atoms with E-state index in [1.165, 1.54) is 0 Å². The molecule has 3 aromatic rings. The van der Waals surface area contributed by atoms with E-state index in [1.807, 2.05) is 33.8 Å². The Morgan fingerprint density at radius 1 is 1.07 bits per heavy atom. The lowest BCUT2D eigenvalue weighted by molar-refractivity contribution is -0.128. The van der Waals surface area contributed by atoms with Crippen LogP contribution in [-0.2, 0) is 24.3 Å². The van der Waals surface area contributed by atoms with E-state index in [1.54, 1.807) is 18.2 Å². The number of fused-ring (bicyclic) bond motifs is 1. The van der Waals surface area contributed by atoms with E-state index < -0.39 is 23.8 Å². The largest absolute Gasteiger partial charge is 0.371 e. The molecule has 0 saturated carbocycles. The van der Waals surface area contributed by atoms with Crippen LogP contribution in [0.1, 0.15) is 81.7 Å². The maximum Gasteiger partial charge on any atom is 0.262 e. The first-order valence-electron chi connectivity index (χ1n) is 14.8. The molecule has 43 heavy (non-hydrogen) atoms. The normalized spacial score (nSPS) is 14.8. The summed E-state index contributed by atoms with van der Waals surface area (Å²) in [6.45, 7) is 12.2. The van der Waals surface area contributed by atoms with Crippen molar-refractivity contribution in [1.82, 2.24) is 20.2 Å². The number of benzene rings is 2. The number of carbonyl (C=O) groups is 2. The molecule has 1 aliphatic heterocycles. The molecule has 0 bridgehead atoms. The smallest absolute Gasteiger partial charge is 0.262 e. The molecule has 11 heteroatoms. The highest BCUT2D eigenvalue weighted by molar-refractivity contribution is 6.36. The second kappa shape index (κ2) is 13.0. The fourth-order valence-electron chi connectivity index (χ4n) is 5.26. The van der Waals surface area contributed by atoms with Gasteiger partial charge in [-0.05, 0) is 55.0 Å². The molecule has 2 N–H and O–H groups in total. The van der Waals surface area contributed by atoms with Crippen LogP contribution in [0.25, 0.3) is 11.0 Å². The molecule has 4 rings (SSSR count). The van der Waals surface area contributed by atoms with Gasteiger partial charge < -0.3 is 20.1 Å². The summed E-state index contributed by atoms with van der Waals surface area (Å²) in [6, 6.07) is 7.22. The van der Waals surface area contributed by atoms with Crippen molar-refractivity contribution < 1.29 is 18.4 Å². The number of piperidine rings is 1. The van der Waals surface area contributed by atoms with Gasteiger partial charge in [0.05, 0.1) is 33.9 Å². The molecule has 7 nitrogen and oxygen atoms in total. The third-order valence-electron chi connectivity index (χ3n) is 7.91. The molecule has 2 aromatic carbocycles. The van der Waals surface area contributed by atoms with Crippen molar-refractivity contribution in [2.45, 2.75) is 79.8 Å². The Kier molecular flexibility index (Phi) is 9.96. The zero-order valence-electron chi connectivity index (χ0n) is 25.7. The van der Waals surface area contributed by atoms with Crippen molar-refractivity contribution >= 4 is 51.7 Å². The molecule has 0 spiro atoms. The molecule has 0 atom stereocenters. The summed E-state index contributed by atoms with van der Waals surface area (Å²) in [7, 11) is 0. The Labute approximate surface area is 262 Å². The fraction of sp³-hybridized carbons (Fsp3) is 0.531. The van der Waals surface area contributed by atoms with Gasteiger partial charge in [-0.1, -0.05) is 57.0 Å². The average Bonchev–Trinajstić information content (AvgIpc) is 3.28. The third kappa shape index (κ3) is 7.79. The molecular weight excluding hydrogens is 595 g/mol. The van der Waals surface area contributed by atoms with Crippen LogP contribution < -0.4 is 15.5 Å². The molecule has 1 aromatic heterocycles. The molecule has 1 aliphatic rings. The maximum atomic E-state index is 13.6. The van der Waals surface area contributed by atoms with Crippen molar-refractivity contribution in [2.24, 2.45) is 11.3 Å². The lowest BCUT2D eigenvalue weighted by atomic mass is 9.95. The monoisotopic (exact) mass is 635 g/mol. The Morgan fingerprint density at radius 3 is 2.35 bits per heavy atom. The second-order valence-electron chi connectivity index (χ2n) is 12.7. The summed E-state index contributed by atoms with van der Waals surface area (Å²) in [6.07, 6.45) is 2.28. The standard InChI is InChI=1S/C32H41Cl2F2N5O2/c1-7-41-26-16-25(40-12-10-19(2)11-13-40)22(29(42)38-18-32(6,35)36)14-24(26)39-27(41)15-21-23(33)9-8-20(28(21)34)17-37-30(43)31(3,4)5/h8-9,14,16,19H,7,10-13,15,17-18H2,1-6H3,(H,37,43)(H,38,42). The molecule has 0 aliphatic carbocycles. The van der Waals surface area contributed by atoms with Crippen LogP contribution in [0, 0.1) is 11.3 Å². The van der Waals surface area contributed by atoms with Crippen molar-refractivity contribution in [3.63, 3.8) is 0 Å². The minimum absolute atomic E-state index is 0.0886. The Bertz CT molecular complexity index is 1500. The SMILES string of the molecule is CCn1c(Cc2c(Cl)ccc(CNC(=O)C(C)(C)C)c2Cl)nc2cc(C(=O)NCC(C)(F)F)c(N3CCC(C)CC3)cc21. The van der Waals surface area contributed by atoms with Gasteiger partial charge >= 0.3 is 0 Å². The van der Waals surface area contributed by atoms with Crippen molar-refractivity contribution in [2.75, 3.05) is 24.5 Å². The van der Waals surface area contributed by atoms with Crippen molar-refractivity contribution in [1.29, 1.82) is 0 Å². The number of hydrogen-bond acceptors (Lipinski definition) is 4. The summed E-state index contributed by atoms with van der Waals surface area (Å²) in [5.41, 5.74) is 3.35. The maximum absolute atomic E-state index is 13.6. The van der Waals surface area contributed by atoms with Crippen molar-refractivity contribution in [3.8, 4) is 0 Å². The van der Waals surface area contributed by atoms with E-state index in [-0.39, 0.29) is 12.5 Å². The number of hydrogen-bond donors (Lipinski definition) is 2. The van der Waals surface area contributed by atoms with E-state index in [0.29, 0.717) is 57.1 Å². The van der Waals surface area contributed by atoms with Gasteiger partial charge in [-0.15, -0.1) is 0 Å². The van der Waals surface area contributed by atoms with Crippen LogP contribution in [0.15, 0.2) is 24.3 Å². The number of aromatic nitrogens is 2. The van der Waals surface area contributed by atoms with Crippen LogP contribution in [0.4, 0.5) is 14.5 Å². The second-order valence-corrected chi connectivity index (χ2v) is 13.4. The zero-order valence-corrected chi connectivity index (χ0v) is 27.2. The average molecular weight is 637 g/mol. The number of aryl methyl sites for hydroxylation is 1. The summed E-state index contributed by atoms with van der Waals surface area (Å²) >= 11 is 13.5. The highest BCUT2D eigenvalue weighted by atomic mass is 35.5. The van der Waals surface area contributed by atoms with E-state index >= 15 is 0 Å². The summed E-state index contributed by atoms with van der Waals surface area (Å²) in [5.74, 6) is -2.39. The van der Waals surface area contributed by atoms with Gasteiger partial charge in [-0.2, -0.15) is 0 Å². The lowest BCUT2D eigenvalue weighted by Gasteiger charge is -2.33. The van der Waals surface area contributed by atoms with Gasteiger partial charge in [0.1, 0.15) is 5.82 Å². The van der Waals surface area contributed by atoms with E-state index in [2.05, 4.69) is 27.0 Å². The van der Waals surface area contributed by atoms with Gasteiger partial charge in [0.2, 0.25) is 5.91 Å². The number of amides is 2. The van der Waals surface area contributed by atoms with Gasteiger partial charge in [0, 0.05) is 50.0 Å². The van der Waals surface area contributed by atoms with Gasteiger partial charge in [-0.3, -0.25) is 9.59 Å². The number of anilines is 1. The van der Waals surface area contributed by atoms with Gasteiger partial charge in [0.25, 0.3) is 11.8 Å². The van der Waals surface area contributed by atoms with Crippen LogP contribution in [0.3, 0.4) is 0 Å². The van der Waals surface area contributed by atoms with Crippen molar-refractivity contribution in [3.05, 3.63) is 56.8 Å². The first kappa shape index (κ1) is 33.0. The van der Waals surface area contributed by atoms with E-state index in [4.69, 9.17) is 28.2 Å². The van der Waals surface area contributed by atoms with Crippen LogP contribution in [0.2, 0.25) is 10.0 Å². The molecule has 0 unspecified atom stereocenters. The Morgan fingerprint density at radius 2 is 1.74 bits per heavy atom. The van der Waals surface area contributed by atoms with E-state index in [0.717, 1.165) is 43.9 Å². The zero-order chi connectivity index (χ0) is 31.7. The molecule has 2 heterocycles. The molecule has 1 fully saturated rings. The number of nitrogens with zero attached hydrogens (tertiary/aromatic N) is 3. The number of nitrogens with one attached hydrogen (secondary N) is 2. The molecule has 2 amide bonds. The quantitative estimate of drug-likeness (QED) is 0.260. The highest BCUT2D eigenvalue weighted by Gasteiger charge is 2.27. The third-order valence-corrected chi connectivity index (χ3v) is 8.74. The number of alkyl halides is 2. The fourth-order valence-corrected chi connectivity index (χ4v) is 5.84. The topological polar surface area (TPSA) is 79.3 Å². The van der Waals surface area contributed by atoms with E-state index in [9.17, 15) is 18.4 Å². The minimum atomic E-state index is -3.03. The van der Waals surface area contributed by atoms with Crippen LogP contribution in [-0.4, -0.2) is 46.9 Å². The summed E-state index contributed by atoms with van der Waals surface area (Å²) in [4.78, 5) is 32.7. The summed E-state index contributed by atoms with van der Waals surface area (Å²) in [5, 5.41) is 6.28. The molecule has 234 valence electrons. The van der Waals surface area contributed by atoms with Crippen LogP contribution >= 0.6 is 23.2 Å². The van der Waals surface area contributed by atoms with Gasteiger partial charge in [-0.25, -0.2) is 13.8 Å². The number of imidazole rings is 1.